The number of thiazole rings is 1. The third-order valence-corrected chi connectivity index (χ3v) is 5.10. The monoisotopic (exact) mass is 422 g/mol. The van der Waals surface area contributed by atoms with Gasteiger partial charge < -0.3 is 13.9 Å². The number of furan rings is 1. The van der Waals surface area contributed by atoms with Crippen LogP contribution in [0.15, 0.2) is 58.3 Å². The highest BCUT2D eigenvalue weighted by molar-refractivity contribution is 7.14. The summed E-state index contributed by atoms with van der Waals surface area (Å²) in [6, 6.07) is 13.7. The number of aromatic nitrogens is 1. The maximum absolute atomic E-state index is 12.5. The second-order valence-corrected chi connectivity index (χ2v) is 7.16. The number of carbonyl (C=O) groups excluding carboxylic acids is 2. The number of fused-ring (bicyclic) bond motifs is 1. The molecule has 0 saturated heterocycles. The Morgan fingerprint density at radius 1 is 1.10 bits per heavy atom. The summed E-state index contributed by atoms with van der Waals surface area (Å²) in [5.74, 6) is 0.614. The first-order chi connectivity index (χ1) is 14.6. The highest BCUT2D eigenvalue weighted by Crippen LogP contribution is 2.32. The van der Waals surface area contributed by atoms with Gasteiger partial charge in [-0.25, -0.2) is 9.78 Å². The fraction of sp³-hybridized carbons (Fsp3) is 0.136. The van der Waals surface area contributed by atoms with Crippen LogP contribution in [0.2, 0.25) is 0 Å². The van der Waals surface area contributed by atoms with E-state index in [4.69, 9.17) is 9.15 Å². The molecule has 0 radical (unpaired) electrons. The lowest BCUT2D eigenvalue weighted by molar-refractivity contribution is 0.0600. The predicted octanol–water partition coefficient (Wildman–Crippen LogP) is 4.99. The van der Waals surface area contributed by atoms with Gasteiger partial charge in [0.05, 0.1) is 19.3 Å². The topological polar surface area (TPSA) is 90.7 Å². The number of hydrogen-bond donors (Lipinski definition) is 1. The van der Waals surface area contributed by atoms with Crippen molar-refractivity contribution in [2.24, 2.45) is 0 Å². The Morgan fingerprint density at radius 2 is 1.87 bits per heavy atom. The molecular formula is C22H18N2O5S. The van der Waals surface area contributed by atoms with Crippen LogP contribution in [0.25, 0.3) is 22.4 Å². The van der Waals surface area contributed by atoms with Gasteiger partial charge in [0.2, 0.25) is 0 Å². The largest absolute Gasteiger partial charge is 0.494 e. The molecule has 7 nitrogen and oxygen atoms in total. The lowest BCUT2D eigenvalue weighted by atomic mass is 10.1. The normalized spacial score (nSPS) is 10.7. The molecule has 8 heteroatoms. The van der Waals surface area contributed by atoms with E-state index < -0.39 is 5.97 Å². The first kappa shape index (κ1) is 19.7. The van der Waals surface area contributed by atoms with Gasteiger partial charge in [-0.1, -0.05) is 0 Å². The SMILES string of the molecule is CCOc1ccc2oc(-c3csc(NC(=O)c4ccc(C(=O)OC)cc4)n3)cc2c1. The first-order valence-corrected chi connectivity index (χ1v) is 10.1. The zero-order chi connectivity index (χ0) is 21.1. The van der Waals surface area contributed by atoms with E-state index in [0.29, 0.717) is 34.3 Å². The number of methoxy groups -OCH3 is 1. The third kappa shape index (κ3) is 4.04. The summed E-state index contributed by atoms with van der Waals surface area (Å²) in [6.07, 6.45) is 0. The highest BCUT2D eigenvalue weighted by atomic mass is 32.1. The fourth-order valence-electron chi connectivity index (χ4n) is 2.89. The average Bonchev–Trinajstić information content (AvgIpc) is 3.40. The van der Waals surface area contributed by atoms with E-state index in [2.05, 4.69) is 15.0 Å². The Balaban J connectivity index is 1.49. The van der Waals surface area contributed by atoms with Crippen LogP contribution in [0, 0.1) is 0 Å². The van der Waals surface area contributed by atoms with Crippen molar-refractivity contribution < 1.29 is 23.5 Å². The van der Waals surface area contributed by atoms with Crippen molar-refractivity contribution in [3.05, 3.63) is 65.0 Å². The van der Waals surface area contributed by atoms with Gasteiger partial charge >= 0.3 is 5.97 Å². The van der Waals surface area contributed by atoms with Crippen molar-refractivity contribution in [2.75, 3.05) is 19.0 Å². The van der Waals surface area contributed by atoms with Crippen LogP contribution in [0.4, 0.5) is 5.13 Å². The van der Waals surface area contributed by atoms with Gasteiger partial charge in [0.25, 0.3) is 5.91 Å². The molecule has 0 spiro atoms. The molecule has 0 atom stereocenters. The quantitative estimate of drug-likeness (QED) is 0.440. The van der Waals surface area contributed by atoms with Gasteiger partial charge in [0, 0.05) is 16.3 Å². The minimum Gasteiger partial charge on any atom is -0.494 e. The van der Waals surface area contributed by atoms with Crippen LogP contribution in [0.1, 0.15) is 27.6 Å². The molecule has 1 N–H and O–H groups in total. The zero-order valence-electron chi connectivity index (χ0n) is 16.3. The van der Waals surface area contributed by atoms with Crippen molar-refractivity contribution in [1.82, 2.24) is 4.98 Å². The summed E-state index contributed by atoms with van der Waals surface area (Å²) >= 11 is 1.30. The van der Waals surface area contributed by atoms with Crippen molar-refractivity contribution in [2.45, 2.75) is 6.92 Å². The van der Waals surface area contributed by atoms with Gasteiger partial charge in [-0.3, -0.25) is 10.1 Å². The van der Waals surface area contributed by atoms with Crippen LogP contribution < -0.4 is 10.1 Å². The number of esters is 1. The Morgan fingerprint density at radius 3 is 2.60 bits per heavy atom. The van der Waals surface area contributed by atoms with Crippen LogP contribution in [-0.4, -0.2) is 30.6 Å². The zero-order valence-corrected chi connectivity index (χ0v) is 17.1. The summed E-state index contributed by atoms with van der Waals surface area (Å²) in [5.41, 5.74) is 2.15. The van der Waals surface area contributed by atoms with Crippen LogP contribution in [0.3, 0.4) is 0 Å². The van der Waals surface area contributed by atoms with Crippen LogP contribution in [0.5, 0.6) is 5.75 Å². The molecule has 0 aliphatic heterocycles. The summed E-state index contributed by atoms with van der Waals surface area (Å²) in [4.78, 5) is 28.4. The number of ether oxygens (including phenoxy) is 2. The van der Waals surface area contributed by atoms with E-state index in [1.54, 1.807) is 24.3 Å². The van der Waals surface area contributed by atoms with E-state index >= 15 is 0 Å². The van der Waals surface area contributed by atoms with E-state index in [1.807, 2.05) is 36.6 Å². The highest BCUT2D eigenvalue weighted by Gasteiger charge is 2.14. The van der Waals surface area contributed by atoms with Gasteiger partial charge in [-0.05, 0) is 55.5 Å². The number of benzene rings is 2. The Bertz CT molecular complexity index is 1210. The predicted molar refractivity (Wildman–Crippen MR) is 114 cm³/mol. The van der Waals surface area contributed by atoms with E-state index in [9.17, 15) is 9.59 Å². The number of nitrogens with zero attached hydrogens (tertiary/aromatic N) is 1. The number of carbonyl (C=O) groups is 2. The Kier molecular flexibility index (Phi) is 5.49. The molecule has 4 aromatic rings. The number of anilines is 1. The molecule has 30 heavy (non-hydrogen) atoms. The number of amides is 1. The fourth-order valence-corrected chi connectivity index (χ4v) is 3.59. The maximum atomic E-state index is 12.5. The second kappa shape index (κ2) is 8.38. The summed E-state index contributed by atoms with van der Waals surface area (Å²) in [5, 5.41) is 5.94. The van der Waals surface area contributed by atoms with Crippen LogP contribution in [-0.2, 0) is 4.74 Å². The molecule has 2 aromatic heterocycles. The number of rotatable bonds is 6. The smallest absolute Gasteiger partial charge is 0.337 e. The maximum Gasteiger partial charge on any atom is 0.337 e. The molecule has 0 aliphatic carbocycles. The van der Waals surface area contributed by atoms with Gasteiger partial charge in [-0.2, -0.15) is 0 Å². The second-order valence-electron chi connectivity index (χ2n) is 6.30. The van der Waals surface area contributed by atoms with E-state index in [-0.39, 0.29) is 5.91 Å². The minimum atomic E-state index is -0.453. The molecule has 1 amide bonds. The van der Waals surface area contributed by atoms with Crippen molar-refractivity contribution >= 4 is 39.3 Å². The minimum absolute atomic E-state index is 0.321. The lowest BCUT2D eigenvalue weighted by Crippen LogP contribution is -2.12. The average molecular weight is 422 g/mol. The Hall–Kier alpha value is -3.65. The summed E-state index contributed by atoms with van der Waals surface area (Å²) in [7, 11) is 1.31. The van der Waals surface area contributed by atoms with Gasteiger partial charge in [-0.15, -0.1) is 11.3 Å². The molecule has 152 valence electrons. The number of nitrogens with one attached hydrogen (secondary N) is 1. The molecular weight excluding hydrogens is 404 g/mol. The summed E-state index contributed by atoms with van der Waals surface area (Å²) in [6.45, 7) is 2.53. The molecule has 2 aromatic carbocycles. The molecule has 0 fully saturated rings. The summed E-state index contributed by atoms with van der Waals surface area (Å²) < 4.78 is 16.0. The molecule has 0 unspecified atom stereocenters. The Labute approximate surface area is 176 Å². The van der Waals surface area contributed by atoms with E-state index in [1.165, 1.54) is 18.4 Å². The number of hydrogen-bond acceptors (Lipinski definition) is 7. The van der Waals surface area contributed by atoms with Crippen molar-refractivity contribution in [3.8, 4) is 17.2 Å². The third-order valence-electron chi connectivity index (χ3n) is 4.34. The van der Waals surface area contributed by atoms with Gasteiger partial charge in [0.1, 0.15) is 17.0 Å². The van der Waals surface area contributed by atoms with Crippen molar-refractivity contribution in [3.63, 3.8) is 0 Å². The molecule has 0 aliphatic rings. The van der Waals surface area contributed by atoms with E-state index in [0.717, 1.165) is 16.7 Å². The first-order valence-electron chi connectivity index (χ1n) is 9.19. The molecule has 0 bridgehead atoms. The van der Waals surface area contributed by atoms with Crippen molar-refractivity contribution in [1.29, 1.82) is 0 Å². The van der Waals surface area contributed by atoms with Crippen LogP contribution >= 0.6 is 11.3 Å². The standard InChI is InChI=1S/C22H18N2O5S/c1-3-28-16-8-9-18-15(10-16)11-19(29-18)17-12-30-22(23-17)24-20(25)13-4-6-14(7-5-13)21(26)27-2/h4-12H,3H2,1-2H3,(H,23,24,25). The molecule has 0 saturated carbocycles. The lowest BCUT2D eigenvalue weighted by Gasteiger charge is -2.03. The van der Waals surface area contributed by atoms with Gasteiger partial charge in [0.15, 0.2) is 10.9 Å². The molecule has 4 rings (SSSR count). The molecule has 2 heterocycles.